The topological polar surface area (TPSA) is 37.8 Å². The number of hydrogen-bond acceptors (Lipinski definition) is 4. The van der Waals surface area contributed by atoms with Gasteiger partial charge in [-0.05, 0) is 24.7 Å². The first kappa shape index (κ1) is 9.90. The second-order valence-corrected chi connectivity index (χ2v) is 4.82. The molecule has 1 saturated carbocycles. The van der Waals surface area contributed by atoms with E-state index < -0.39 is 0 Å². The summed E-state index contributed by atoms with van der Waals surface area (Å²) >= 11 is 1.48. The van der Waals surface area contributed by atoms with Gasteiger partial charge in [0.25, 0.3) is 0 Å². The highest BCUT2D eigenvalue weighted by atomic mass is 32.1. The van der Waals surface area contributed by atoms with Gasteiger partial charge in [-0.2, -0.15) is 4.37 Å². The van der Waals surface area contributed by atoms with Crippen molar-refractivity contribution in [3.05, 3.63) is 5.82 Å². The SMILES string of the molecule is CCc1nsc(NCC(C)C2CC2)n1. The lowest BCUT2D eigenvalue weighted by atomic mass is 10.1. The Labute approximate surface area is 89.1 Å². The van der Waals surface area contributed by atoms with E-state index in [0.29, 0.717) is 0 Å². The highest BCUT2D eigenvalue weighted by molar-refractivity contribution is 7.09. The quantitative estimate of drug-likeness (QED) is 0.813. The van der Waals surface area contributed by atoms with Gasteiger partial charge in [0, 0.05) is 24.5 Å². The van der Waals surface area contributed by atoms with E-state index in [1.165, 1.54) is 24.4 Å². The Bertz CT molecular complexity index is 293. The Kier molecular flexibility index (Phi) is 3.01. The minimum Gasteiger partial charge on any atom is -0.360 e. The van der Waals surface area contributed by atoms with Gasteiger partial charge in [0.2, 0.25) is 5.13 Å². The lowest BCUT2D eigenvalue weighted by Gasteiger charge is -2.09. The molecule has 1 aliphatic rings. The fraction of sp³-hybridized carbons (Fsp3) is 0.800. The summed E-state index contributed by atoms with van der Waals surface area (Å²) in [4.78, 5) is 4.38. The van der Waals surface area contributed by atoms with Crippen molar-refractivity contribution in [1.82, 2.24) is 9.36 Å². The number of aromatic nitrogens is 2. The van der Waals surface area contributed by atoms with Crippen LogP contribution in [0.4, 0.5) is 5.13 Å². The van der Waals surface area contributed by atoms with E-state index >= 15 is 0 Å². The number of nitrogens with zero attached hydrogens (tertiary/aromatic N) is 2. The zero-order valence-electron chi connectivity index (χ0n) is 8.79. The molecule has 1 aliphatic carbocycles. The summed E-state index contributed by atoms with van der Waals surface area (Å²) < 4.78 is 4.24. The van der Waals surface area contributed by atoms with Crippen molar-refractivity contribution in [1.29, 1.82) is 0 Å². The van der Waals surface area contributed by atoms with Crippen LogP contribution < -0.4 is 5.32 Å². The van der Waals surface area contributed by atoms with E-state index in [9.17, 15) is 0 Å². The van der Waals surface area contributed by atoms with E-state index in [-0.39, 0.29) is 0 Å². The fourth-order valence-electron chi connectivity index (χ4n) is 1.55. The van der Waals surface area contributed by atoms with E-state index in [1.54, 1.807) is 0 Å². The van der Waals surface area contributed by atoms with Crippen LogP contribution in [0.3, 0.4) is 0 Å². The number of rotatable bonds is 5. The second kappa shape index (κ2) is 4.26. The molecule has 3 nitrogen and oxygen atoms in total. The van der Waals surface area contributed by atoms with Gasteiger partial charge in [0.1, 0.15) is 5.82 Å². The third-order valence-electron chi connectivity index (χ3n) is 2.79. The third kappa shape index (κ3) is 2.44. The summed E-state index contributed by atoms with van der Waals surface area (Å²) in [5.41, 5.74) is 0. The van der Waals surface area contributed by atoms with Crippen LogP contribution in [-0.2, 0) is 6.42 Å². The minimum atomic E-state index is 0.781. The number of aryl methyl sites for hydroxylation is 1. The molecule has 1 atom stereocenters. The van der Waals surface area contributed by atoms with Crippen LogP contribution in [0.25, 0.3) is 0 Å². The molecule has 1 aromatic heterocycles. The van der Waals surface area contributed by atoms with Crippen molar-refractivity contribution in [3.8, 4) is 0 Å². The molecule has 0 aliphatic heterocycles. The summed E-state index contributed by atoms with van der Waals surface area (Å²) in [6, 6.07) is 0. The van der Waals surface area contributed by atoms with Crippen molar-refractivity contribution < 1.29 is 0 Å². The summed E-state index contributed by atoms with van der Waals surface area (Å²) in [7, 11) is 0. The fourth-order valence-corrected chi connectivity index (χ4v) is 2.21. The van der Waals surface area contributed by atoms with Crippen LogP contribution in [0.1, 0.15) is 32.5 Å². The van der Waals surface area contributed by atoms with Gasteiger partial charge in [-0.15, -0.1) is 0 Å². The van der Waals surface area contributed by atoms with Crippen molar-refractivity contribution in [3.63, 3.8) is 0 Å². The average Bonchev–Trinajstić information content (AvgIpc) is 2.94. The molecule has 1 aromatic rings. The van der Waals surface area contributed by atoms with Crippen LogP contribution in [0.5, 0.6) is 0 Å². The van der Waals surface area contributed by atoms with Crippen LogP contribution in [0, 0.1) is 11.8 Å². The van der Waals surface area contributed by atoms with Gasteiger partial charge in [-0.25, -0.2) is 4.98 Å². The molecule has 0 amide bonds. The Morgan fingerprint density at radius 2 is 2.36 bits per heavy atom. The molecule has 2 rings (SSSR count). The summed E-state index contributed by atoms with van der Waals surface area (Å²) in [6.07, 6.45) is 3.76. The molecule has 0 spiro atoms. The van der Waals surface area contributed by atoms with Crippen molar-refractivity contribution in [2.75, 3.05) is 11.9 Å². The molecule has 1 unspecified atom stereocenters. The monoisotopic (exact) mass is 211 g/mol. The summed E-state index contributed by atoms with van der Waals surface area (Å²) in [5, 5.41) is 4.35. The van der Waals surface area contributed by atoms with Crippen molar-refractivity contribution in [2.45, 2.75) is 33.1 Å². The standard InChI is InChI=1S/C10H17N3S/c1-3-9-12-10(14-13-9)11-6-7(2)8-4-5-8/h7-8H,3-6H2,1-2H3,(H,11,12,13). The zero-order valence-corrected chi connectivity index (χ0v) is 9.60. The van der Waals surface area contributed by atoms with Crippen LogP contribution in [0.15, 0.2) is 0 Å². The molecule has 0 radical (unpaired) electrons. The van der Waals surface area contributed by atoms with E-state index in [2.05, 4.69) is 28.5 Å². The Hall–Kier alpha value is -0.640. The first-order chi connectivity index (χ1) is 6.79. The maximum absolute atomic E-state index is 4.38. The van der Waals surface area contributed by atoms with Gasteiger partial charge < -0.3 is 5.32 Å². The molecule has 1 heterocycles. The first-order valence-electron chi connectivity index (χ1n) is 5.36. The highest BCUT2D eigenvalue weighted by Crippen LogP contribution is 2.36. The molecular formula is C10H17N3S. The van der Waals surface area contributed by atoms with Gasteiger partial charge in [0.05, 0.1) is 0 Å². The Balaban J connectivity index is 1.78. The van der Waals surface area contributed by atoms with Gasteiger partial charge >= 0.3 is 0 Å². The number of nitrogens with one attached hydrogen (secondary N) is 1. The Morgan fingerprint density at radius 1 is 1.57 bits per heavy atom. The van der Waals surface area contributed by atoms with Crippen molar-refractivity contribution >= 4 is 16.7 Å². The first-order valence-corrected chi connectivity index (χ1v) is 6.13. The smallest absolute Gasteiger partial charge is 0.202 e. The molecule has 14 heavy (non-hydrogen) atoms. The molecule has 1 fully saturated rings. The third-order valence-corrected chi connectivity index (χ3v) is 3.50. The molecule has 4 heteroatoms. The lowest BCUT2D eigenvalue weighted by Crippen LogP contribution is -2.12. The van der Waals surface area contributed by atoms with Crippen LogP contribution in [-0.4, -0.2) is 15.9 Å². The predicted octanol–water partition coefficient (Wildman–Crippen LogP) is 2.56. The van der Waals surface area contributed by atoms with Crippen LogP contribution in [0.2, 0.25) is 0 Å². The van der Waals surface area contributed by atoms with Gasteiger partial charge in [-0.1, -0.05) is 13.8 Å². The summed E-state index contributed by atoms with van der Waals surface area (Å²) in [5.74, 6) is 2.70. The predicted molar refractivity (Wildman–Crippen MR) is 59.7 cm³/mol. The number of anilines is 1. The molecule has 0 aromatic carbocycles. The molecule has 78 valence electrons. The second-order valence-electron chi connectivity index (χ2n) is 4.06. The largest absolute Gasteiger partial charge is 0.360 e. The maximum Gasteiger partial charge on any atom is 0.202 e. The molecular weight excluding hydrogens is 194 g/mol. The van der Waals surface area contributed by atoms with Crippen LogP contribution >= 0.6 is 11.5 Å². The van der Waals surface area contributed by atoms with E-state index in [1.807, 2.05) is 0 Å². The van der Waals surface area contributed by atoms with Gasteiger partial charge in [0.15, 0.2) is 0 Å². The Morgan fingerprint density at radius 3 is 2.93 bits per heavy atom. The molecule has 0 saturated heterocycles. The summed E-state index contributed by atoms with van der Waals surface area (Å²) in [6.45, 7) is 5.44. The minimum absolute atomic E-state index is 0.781. The van der Waals surface area contributed by atoms with Gasteiger partial charge in [-0.3, -0.25) is 0 Å². The van der Waals surface area contributed by atoms with E-state index in [0.717, 1.165) is 35.8 Å². The van der Waals surface area contributed by atoms with E-state index in [4.69, 9.17) is 0 Å². The highest BCUT2D eigenvalue weighted by Gasteiger charge is 2.27. The lowest BCUT2D eigenvalue weighted by molar-refractivity contribution is 0.536. The zero-order chi connectivity index (χ0) is 9.97. The maximum atomic E-state index is 4.38. The van der Waals surface area contributed by atoms with Crippen molar-refractivity contribution in [2.24, 2.45) is 11.8 Å². The molecule has 1 N–H and O–H groups in total. The average molecular weight is 211 g/mol. The molecule has 0 bridgehead atoms. The normalized spacial score (nSPS) is 18.1. The number of hydrogen-bond donors (Lipinski definition) is 1.